The maximum atomic E-state index is 11.5. The Balaban J connectivity index is 3.34. The van der Waals surface area contributed by atoms with Crippen LogP contribution in [0.1, 0.15) is 51.9 Å². The second-order valence-corrected chi connectivity index (χ2v) is 5.01. The highest BCUT2D eigenvalue weighted by molar-refractivity contribution is 5.88. The first-order valence-electron chi connectivity index (χ1n) is 7.13. The molecule has 0 aliphatic rings. The Morgan fingerprint density at radius 2 is 1.84 bits per heavy atom. The Morgan fingerprint density at radius 1 is 1.21 bits per heavy atom. The quantitative estimate of drug-likeness (QED) is 0.422. The van der Waals surface area contributed by atoms with Gasteiger partial charge >= 0.3 is 0 Å². The molecule has 2 N–H and O–H groups in total. The topological polar surface area (TPSA) is 66.4 Å². The van der Waals surface area contributed by atoms with Gasteiger partial charge in [-0.2, -0.15) is 0 Å². The number of rotatable bonds is 12. The lowest BCUT2D eigenvalue weighted by molar-refractivity contribution is -0.121. The van der Waals surface area contributed by atoms with Crippen molar-refractivity contribution in [2.75, 3.05) is 13.2 Å². The van der Waals surface area contributed by atoms with Crippen LogP contribution in [0.5, 0.6) is 0 Å². The molecule has 0 saturated heterocycles. The van der Waals surface area contributed by atoms with Crippen molar-refractivity contribution in [3.63, 3.8) is 0 Å². The van der Waals surface area contributed by atoms with E-state index in [0.717, 1.165) is 32.1 Å². The first-order valence-corrected chi connectivity index (χ1v) is 7.13. The maximum Gasteiger partial charge on any atom is 0.219 e. The Bertz CT molecular complexity index is 277. The van der Waals surface area contributed by atoms with E-state index in [9.17, 15) is 9.59 Å². The average molecular weight is 269 g/mol. The summed E-state index contributed by atoms with van der Waals surface area (Å²) < 4.78 is 0. The number of carbonyl (C=O) groups excluding carboxylic acids is 2. The van der Waals surface area contributed by atoms with E-state index >= 15 is 0 Å². The smallest absolute Gasteiger partial charge is 0.219 e. The van der Waals surface area contributed by atoms with Gasteiger partial charge in [0.2, 0.25) is 5.91 Å². The molecular weight excluding hydrogens is 242 g/mol. The molecule has 0 aromatic carbocycles. The predicted molar refractivity (Wildman–Crippen MR) is 76.8 cm³/mol. The number of hydrogen-bond donors (Lipinski definition) is 2. The lowest BCUT2D eigenvalue weighted by atomic mass is 10.1. The lowest BCUT2D eigenvalue weighted by Gasteiger charge is -2.08. The minimum absolute atomic E-state index is 0.0762. The number of unbranched alkanes of at least 4 members (excludes halogenated alkanes) is 3. The minimum atomic E-state index is 0.0762. The van der Waals surface area contributed by atoms with E-state index in [-0.39, 0.29) is 24.2 Å². The molecule has 0 saturated carbocycles. The van der Waals surface area contributed by atoms with Crippen LogP contribution in [0, 0.1) is 5.92 Å². The predicted octanol–water partition coefficient (Wildman–Crippen LogP) is 2.22. The fraction of sp³-hybridized carbons (Fsp3) is 0.733. The van der Waals surface area contributed by atoms with Crippen molar-refractivity contribution >= 4 is 11.7 Å². The van der Waals surface area contributed by atoms with Crippen LogP contribution in [-0.4, -0.2) is 29.9 Å². The molecular formula is C15H27NO3. The molecule has 1 unspecified atom stereocenters. The van der Waals surface area contributed by atoms with Crippen molar-refractivity contribution < 1.29 is 14.7 Å². The molecule has 0 aliphatic carbocycles. The zero-order valence-corrected chi connectivity index (χ0v) is 12.0. The molecule has 0 spiro atoms. The largest absolute Gasteiger partial charge is 0.396 e. The van der Waals surface area contributed by atoms with Gasteiger partial charge in [0, 0.05) is 26.0 Å². The summed E-state index contributed by atoms with van der Waals surface area (Å²) in [6.45, 7) is 6.18. The van der Waals surface area contributed by atoms with Gasteiger partial charge in [0.15, 0.2) is 5.78 Å². The van der Waals surface area contributed by atoms with Crippen LogP contribution in [0.25, 0.3) is 0 Å². The highest BCUT2D eigenvalue weighted by Gasteiger charge is 2.03. The molecule has 0 bridgehead atoms. The van der Waals surface area contributed by atoms with E-state index in [1.165, 1.54) is 6.08 Å². The van der Waals surface area contributed by atoms with Crippen LogP contribution < -0.4 is 5.32 Å². The summed E-state index contributed by atoms with van der Waals surface area (Å²) in [4.78, 5) is 22.4. The van der Waals surface area contributed by atoms with Gasteiger partial charge in [0.1, 0.15) is 0 Å². The minimum Gasteiger partial charge on any atom is -0.396 e. The van der Waals surface area contributed by atoms with Crippen molar-refractivity contribution in [1.82, 2.24) is 5.32 Å². The Kier molecular flexibility index (Phi) is 11.2. The summed E-state index contributed by atoms with van der Waals surface area (Å²) in [6, 6.07) is 0. The van der Waals surface area contributed by atoms with E-state index in [4.69, 9.17) is 5.11 Å². The highest BCUT2D eigenvalue weighted by atomic mass is 16.3. The molecule has 0 aromatic rings. The number of aliphatic hydroxyl groups excluding tert-OH is 1. The first kappa shape index (κ1) is 17.8. The van der Waals surface area contributed by atoms with E-state index in [1.54, 1.807) is 0 Å². The van der Waals surface area contributed by atoms with Crippen LogP contribution in [0.4, 0.5) is 0 Å². The van der Waals surface area contributed by atoms with Crippen LogP contribution in [0.3, 0.4) is 0 Å². The summed E-state index contributed by atoms with van der Waals surface area (Å²) in [6.07, 6.45) is 6.98. The number of nitrogens with one attached hydrogen (secondary N) is 1. The molecule has 0 radical (unpaired) electrons. The average Bonchev–Trinajstić information content (AvgIpc) is 2.41. The molecule has 110 valence electrons. The third-order valence-corrected chi connectivity index (χ3v) is 3.08. The Morgan fingerprint density at radius 3 is 2.42 bits per heavy atom. The zero-order valence-electron chi connectivity index (χ0n) is 12.0. The second kappa shape index (κ2) is 11.9. The van der Waals surface area contributed by atoms with Gasteiger partial charge < -0.3 is 10.4 Å². The summed E-state index contributed by atoms with van der Waals surface area (Å²) in [5, 5.41) is 11.7. The van der Waals surface area contributed by atoms with E-state index < -0.39 is 0 Å². The lowest BCUT2D eigenvalue weighted by Crippen LogP contribution is -2.25. The standard InChI is InChI=1S/C15H27NO3/c1-3-14(18)8-6-4-5-7-9-15(19)16-11-10-13(2)12-17/h3,13,17H,1,4-12H2,2H3,(H,16,19). The van der Waals surface area contributed by atoms with Crippen molar-refractivity contribution in [2.24, 2.45) is 5.92 Å². The SMILES string of the molecule is C=CC(=O)CCCCCCC(=O)NCCC(C)CO. The van der Waals surface area contributed by atoms with Gasteiger partial charge in [-0.15, -0.1) is 0 Å². The fourth-order valence-electron chi connectivity index (χ4n) is 1.68. The third kappa shape index (κ3) is 11.7. The summed E-state index contributed by atoms with van der Waals surface area (Å²) in [7, 11) is 0. The molecule has 0 fully saturated rings. The van der Waals surface area contributed by atoms with Gasteiger partial charge in [-0.05, 0) is 31.3 Å². The van der Waals surface area contributed by atoms with E-state index in [0.29, 0.717) is 19.4 Å². The Labute approximate surface area is 116 Å². The normalized spacial score (nSPS) is 11.9. The fourth-order valence-corrected chi connectivity index (χ4v) is 1.68. The number of amides is 1. The summed E-state index contributed by atoms with van der Waals surface area (Å²) in [5.41, 5.74) is 0. The molecule has 19 heavy (non-hydrogen) atoms. The van der Waals surface area contributed by atoms with Crippen LogP contribution in [0.2, 0.25) is 0 Å². The Hall–Kier alpha value is -1.16. The first-order chi connectivity index (χ1) is 9.10. The zero-order chi connectivity index (χ0) is 14.5. The maximum absolute atomic E-state index is 11.5. The van der Waals surface area contributed by atoms with Gasteiger partial charge in [-0.1, -0.05) is 26.3 Å². The molecule has 1 amide bonds. The number of hydrogen-bond acceptors (Lipinski definition) is 3. The van der Waals surface area contributed by atoms with Crippen molar-refractivity contribution in [2.45, 2.75) is 51.9 Å². The second-order valence-electron chi connectivity index (χ2n) is 5.01. The molecule has 0 rings (SSSR count). The molecule has 0 heterocycles. The number of ketones is 1. The monoisotopic (exact) mass is 269 g/mol. The number of allylic oxidation sites excluding steroid dienone is 1. The van der Waals surface area contributed by atoms with Crippen LogP contribution in [-0.2, 0) is 9.59 Å². The van der Waals surface area contributed by atoms with Crippen molar-refractivity contribution in [3.8, 4) is 0 Å². The van der Waals surface area contributed by atoms with Gasteiger partial charge in [-0.25, -0.2) is 0 Å². The molecule has 0 aromatic heterocycles. The number of carbonyl (C=O) groups is 2. The van der Waals surface area contributed by atoms with Crippen LogP contribution >= 0.6 is 0 Å². The van der Waals surface area contributed by atoms with Gasteiger partial charge in [-0.3, -0.25) is 9.59 Å². The van der Waals surface area contributed by atoms with Crippen molar-refractivity contribution in [3.05, 3.63) is 12.7 Å². The van der Waals surface area contributed by atoms with Crippen LogP contribution in [0.15, 0.2) is 12.7 Å². The van der Waals surface area contributed by atoms with Gasteiger partial charge in [0.25, 0.3) is 0 Å². The molecule has 0 aliphatic heterocycles. The molecule has 4 nitrogen and oxygen atoms in total. The van der Waals surface area contributed by atoms with E-state index in [2.05, 4.69) is 11.9 Å². The van der Waals surface area contributed by atoms with Gasteiger partial charge in [0.05, 0.1) is 0 Å². The molecule has 4 heteroatoms. The summed E-state index contributed by atoms with van der Waals surface area (Å²) in [5.74, 6) is 0.408. The third-order valence-electron chi connectivity index (χ3n) is 3.08. The molecule has 1 atom stereocenters. The van der Waals surface area contributed by atoms with E-state index in [1.807, 2.05) is 6.92 Å². The van der Waals surface area contributed by atoms with Crippen molar-refractivity contribution in [1.29, 1.82) is 0 Å². The highest BCUT2D eigenvalue weighted by Crippen LogP contribution is 2.06. The summed E-state index contributed by atoms with van der Waals surface area (Å²) >= 11 is 0. The number of aliphatic hydroxyl groups is 1.